The summed E-state index contributed by atoms with van der Waals surface area (Å²) in [6.07, 6.45) is 0. The van der Waals surface area contributed by atoms with Gasteiger partial charge in [-0.3, -0.25) is 0 Å². The molecule has 1 aromatic rings. The van der Waals surface area contributed by atoms with Crippen LogP contribution in [-0.2, 0) is 16.4 Å². The summed E-state index contributed by atoms with van der Waals surface area (Å²) in [5.74, 6) is 1.05. The number of sulfone groups is 1. The van der Waals surface area contributed by atoms with Crippen LogP contribution in [-0.4, -0.2) is 39.6 Å². The fraction of sp³-hybridized carbons (Fsp3) is 0.600. The third kappa shape index (κ3) is 4.87. The summed E-state index contributed by atoms with van der Waals surface area (Å²) in [7, 11) is -2.86. The van der Waals surface area contributed by atoms with E-state index < -0.39 is 9.84 Å². The topological polar surface area (TPSA) is 49.4 Å². The van der Waals surface area contributed by atoms with Crippen LogP contribution in [0.2, 0.25) is 5.02 Å². The molecule has 6 heteroatoms. The first kappa shape index (κ1) is 16.6. The molecule has 0 saturated carbocycles. The number of nitrogens with zero attached hydrogens (tertiary/aromatic N) is 1. The van der Waals surface area contributed by atoms with Gasteiger partial charge in [0.15, 0.2) is 9.84 Å². The van der Waals surface area contributed by atoms with Gasteiger partial charge in [0.25, 0.3) is 0 Å². The number of hydrogen-bond donors (Lipinski definition) is 1. The van der Waals surface area contributed by atoms with E-state index in [1.807, 2.05) is 18.2 Å². The van der Waals surface area contributed by atoms with Crippen molar-refractivity contribution in [3.63, 3.8) is 0 Å². The van der Waals surface area contributed by atoms with Crippen LogP contribution in [0.4, 0.5) is 5.69 Å². The van der Waals surface area contributed by atoms with E-state index in [0.717, 1.165) is 24.3 Å². The average molecular weight is 331 g/mol. The lowest BCUT2D eigenvalue weighted by Crippen LogP contribution is -2.40. The van der Waals surface area contributed by atoms with Crippen molar-refractivity contribution in [2.75, 3.05) is 36.0 Å². The quantitative estimate of drug-likeness (QED) is 0.900. The Morgan fingerprint density at radius 3 is 2.57 bits per heavy atom. The fourth-order valence-corrected chi connectivity index (χ4v) is 3.85. The van der Waals surface area contributed by atoms with Gasteiger partial charge in [0, 0.05) is 30.3 Å². The highest BCUT2D eigenvalue weighted by atomic mass is 35.5. The van der Waals surface area contributed by atoms with Crippen molar-refractivity contribution in [2.24, 2.45) is 5.92 Å². The van der Waals surface area contributed by atoms with Gasteiger partial charge in [-0.05, 0) is 36.2 Å². The van der Waals surface area contributed by atoms with Crippen LogP contribution in [0.1, 0.15) is 19.4 Å². The summed E-state index contributed by atoms with van der Waals surface area (Å²) in [5, 5.41) is 4.13. The summed E-state index contributed by atoms with van der Waals surface area (Å²) < 4.78 is 23.1. The molecule has 1 saturated heterocycles. The third-order valence-electron chi connectivity index (χ3n) is 3.59. The van der Waals surface area contributed by atoms with E-state index in [-0.39, 0.29) is 11.5 Å². The second kappa shape index (κ2) is 6.99. The van der Waals surface area contributed by atoms with Gasteiger partial charge in [-0.15, -0.1) is 0 Å². The standard InChI is InChI=1S/C15H23ClN2O2S/c1-12(2)10-17-11-13-9-14(16)3-4-15(13)18-5-7-21(19,20)8-6-18/h3-4,9,12,17H,5-8,10-11H2,1-2H3. The molecular formula is C15H23ClN2O2S. The van der Waals surface area contributed by atoms with Crippen LogP contribution in [0.15, 0.2) is 18.2 Å². The van der Waals surface area contributed by atoms with Crippen LogP contribution in [0.3, 0.4) is 0 Å². The van der Waals surface area contributed by atoms with Crippen molar-refractivity contribution < 1.29 is 8.42 Å². The van der Waals surface area contributed by atoms with Gasteiger partial charge >= 0.3 is 0 Å². The summed E-state index contributed by atoms with van der Waals surface area (Å²) in [6, 6.07) is 5.83. The van der Waals surface area contributed by atoms with E-state index in [9.17, 15) is 8.42 Å². The van der Waals surface area contributed by atoms with E-state index in [1.54, 1.807) is 0 Å². The molecule has 0 amide bonds. The Kier molecular flexibility index (Phi) is 5.52. The normalized spacial score (nSPS) is 18.2. The largest absolute Gasteiger partial charge is 0.369 e. The molecule has 4 nitrogen and oxygen atoms in total. The average Bonchev–Trinajstić information content (AvgIpc) is 2.39. The number of hydrogen-bond acceptors (Lipinski definition) is 4. The molecule has 1 aliphatic rings. The molecule has 1 heterocycles. The molecular weight excluding hydrogens is 308 g/mol. The van der Waals surface area contributed by atoms with Crippen molar-refractivity contribution in [1.29, 1.82) is 0 Å². The number of anilines is 1. The van der Waals surface area contributed by atoms with E-state index in [0.29, 0.717) is 24.0 Å². The van der Waals surface area contributed by atoms with Crippen LogP contribution in [0.5, 0.6) is 0 Å². The number of benzene rings is 1. The lowest BCUT2D eigenvalue weighted by atomic mass is 10.1. The van der Waals surface area contributed by atoms with E-state index >= 15 is 0 Å². The van der Waals surface area contributed by atoms with Gasteiger partial charge < -0.3 is 10.2 Å². The predicted molar refractivity (Wildman–Crippen MR) is 88.9 cm³/mol. The van der Waals surface area contributed by atoms with E-state index in [2.05, 4.69) is 24.1 Å². The first-order chi connectivity index (χ1) is 9.87. The Bertz CT molecular complexity index is 573. The van der Waals surface area contributed by atoms with Crippen molar-refractivity contribution in [2.45, 2.75) is 20.4 Å². The number of rotatable bonds is 5. The Balaban J connectivity index is 2.11. The maximum atomic E-state index is 11.6. The molecule has 0 spiro atoms. The highest BCUT2D eigenvalue weighted by Gasteiger charge is 2.23. The predicted octanol–water partition coefficient (Wildman–Crippen LogP) is 2.32. The zero-order valence-electron chi connectivity index (χ0n) is 12.6. The Morgan fingerprint density at radius 1 is 1.29 bits per heavy atom. The molecule has 2 rings (SSSR count). The van der Waals surface area contributed by atoms with Crippen LogP contribution in [0.25, 0.3) is 0 Å². The molecule has 0 bridgehead atoms. The molecule has 0 radical (unpaired) electrons. The SMILES string of the molecule is CC(C)CNCc1cc(Cl)ccc1N1CCS(=O)(=O)CC1. The smallest absolute Gasteiger partial charge is 0.153 e. The van der Waals surface area contributed by atoms with E-state index in [1.165, 1.54) is 0 Å². The molecule has 0 unspecified atom stereocenters. The summed E-state index contributed by atoms with van der Waals surface area (Å²) in [4.78, 5) is 2.14. The van der Waals surface area contributed by atoms with E-state index in [4.69, 9.17) is 11.6 Å². The van der Waals surface area contributed by atoms with Gasteiger partial charge in [0.05, 0.1) is 11.5 Å². The molecule has 1 N–H and O–H groups in total. The molecule has 1 aliphatic heterocycles. The molecule has 0 atom stereocenters. The summed E-state index contributed by atoms with van der Waals surface area (Å²) >= 11 is 6.10. The molecule has 1 fully saturated rings. The molecule has 118 valence electrons. The first-order valence-electron chi connectivity index (χ1n) is 7.32. The molecule has 21 heavy (non-hydrogen) atoms. The van der Waals surface area contributed by atoms with Crippen LogP contribution >= 0.6 is 11.6 Å². The third-order valence-corrected chi connectivity index (χ3v) is 5.44. The summed E-state index contributed by atoms with van der Waals surface area (Å²) in [5.41, 5.74) is 2.22. The van der Waals surface area contributed by atoms with Crippen molar-refractivity contribution in [3.05, 3.63) is 28.8 Å². The lowest BCUT2D eigenvalue weighted by Gasteiger charge is -2.30. The van der Waals surface area contributed by atoms with Gasteiger partial charge in [0.2, 0.25) is 0 Å². The lowest BCUT2D eigenvalue weighted by molar-refractivity contribution is 0.551. The highest BCUT2D eigenvalue weighted by molar-refractivity contribution is 7.91. The second-order valence-corrected chi connectivity index (χ2v) is 8.68. The van der Waals surface area contributed by atoms with Crippen molar-refractivity contribution in [3.8, 4) is 0 Å². The summed E-state index contributed by atoms with van der Waals surface area (Å²) in [6.45, 7) is 7.14. The molecule has 0 aliphatic carbocycles. The molecule has 1 aromatic carbocycles. The highest BCUT2D eigenvalue weighted by Crippen LogP contribution is 2.26. The van der Waals surface area contributed by atoms with Gasteiger partial charge in [0.1, 0.15) is 0 Å². The Morgan fingerprint density at radius 2 is 1.95 bits per heavy atom. The first-order valence-corrected chi connectivity index (χ1v) is 9.52. The zero-order chi connectivity index (χ0) is 15.5. The Labute approximate surface area is 132 Å². The second-order valence-electron chi connectivity index (χ2n) is 5.94. The fourth-order valence-electron chi connectivity index (χ4n) is 2.45. The monoisotopic (exact) mass is 330 g/mol. The van der Waals surface area contributed by atoms with Gasteiger partial charge in [-0.2, -0.15) is 0 Å². The van der Waals surface area contributed by atoms with Gasteiger partial charge in [-0.1, -0.05) is 25.4 Å². The van der Waals surface area contributed by atoms with Crippen LogP contribution in [0, 0.1) is 5.92 Å². The van der Waals surface area contributed by atoms with Crippen molar-refractivity contribution in [1.82, 2.24) is 5.32 Å². The molecule has 0 aromatic heterocycles. The van der Waals surface area contributed by atoms with Crippen LogP contribution < -0.4 is 10.2 Å². The minimum Gasteiger partial charge on any atom is -0.369 e. The number of halogens is 1. The maximum Gasteiger partial charge on any atom is 0.153 e. The zero-order valence-corrected chi connectivity index (χ0v) is 14.2. The van der Waals surface area contributed by atoms with Crippen molar-refractivity contribution >= 4 is 27.1 Å². The Hall–Kier alpha value is -0.780. The van der Waals surface area contributed by atoms with Gasteiger partial charge in [-0.25, -0.2) is 8.42 Å². The minimum atomic E-state index is -2.86. The maximum absolute atomic E-state index is 11.6. The number of nitrogens with one attached hydrogen (secondary N) is 1. The minimum absolute atomic E-state index is 0.231.